The van der Waals surface area contributed by atoms with Crippen molar-refractivity contribution >= 4 is 11.7 Å². The number of hydrogen-bond acceptors (Lipinski definition) is 4. The molecule has 1 rings (SSSR count). The Morgan fingerprint density at radius 1 is 1.61 bits per heavy atom. The van der Waals surface area contributed by atoms with E-state index in [9.17, 15) is 9.18 Å². The molecule has 1 aromatic carbocycles. The van der Waals surface area contributed by atoms with Crippen LogP contribution in [0.1, 0.15) is 12.5 Å². The third kappa shape index (κ3) is 3.59. The number of nitrogens with zero attached hydrogens (tertiary/aromatic N) is 1. The van der Waals surface area contributed by atoms with E-state index < -0.39 is 11.8 Å². The maximum absolute atomic E-state index is 13.1. The number of carbonyl (C=O) groups excluding carboxylic acids is 1. The minimum Gasteiger partial charge on any atom is -0.463 e. The fourth-order valence-electron chi connectivity index (χ4n) is 1.23. The van der Waals surface area contributed by atoms with E-state index in [1.807, 2.05) is 0 Å². The number of benzene rings is 1. The van der Waals surface area contributed by atoms with Crippen LogP contribution >= 0.6 is 0 Å². The SMILES string of the molecule is C=C(CNc1ccc(F)c(C#N)c1)C(=O)OCC. The lowest BCUT2D eigenvalue weighted by atomic mass is 10.2. The zero-order valence-electron chi connectivity index (χ0n) is 10.00. The first-order valence-corrected chi connectivity index (χ1v) is 5.37. The lowest BCUT2D eigenvalue weighted by Crippen LogP contribution is -2.14. The highest BCUT2D eigenvalue weighted by molar-refractivity contribution is 5.88. The summed E-state index contributed by atoms with van der Waals surface area (Å²) in [6, 6.07) is 5.78. The number of carbonyl (C=O) groups is 1. The van der Waals surface area contributed by atoms with E-state index in [0.717, 1.165) is 0 Å². The molecule has 0 aliphatic rings. The Bertz CT molecular complexity index is 506. The zero-order chi connectivity index (χ0) is 13.5. The first-order valence-electron chi connectivity index (χ1n) is 5.37. The first-order chi connectivity index (χ1) is 8.58. The molecule has 0 heterocycles. The molecule has 1 aromatic rings. The largest absolute Gasteiger partial charge is 0.463 e. The Kier molecular flexibility index (Phi) is 4.88. The standard InChI is InChI=1S/C13H13FN2O2/c1-3-18-13(17)9(2)8-16-11-4-5-12(14)10(6-11)7-15/h4-6,16H,2-3,8H2,1H3. The van der Waals surface area contributed by atoms with Crippen molar-refractivity contribution in [2.75, 3.05) is 18.5 Å². The predicted molar refractivity (Wildman–Crippen MR) is 65.4 cm³/mol. The number of hydrogen-bond donors (Lipinski definition) is 1. The molecule has 5 heteroatoms. The van der Waals surface area contributed by atoms with E-state index in [1.54, 1.807) is 13.0 Å². The second kappa shape index (κ2) is 6.40. The number of esters is 1. The van der Waals surface area contributed by atoms with E-state index >= 15 is 0 Å². The molecule has 94 valence electrons. The van der Waals surface area contributed by atoms with Gasteiger partial charge in [0.15, 0.2) is 0 Å². The van der Waals surface area contributed by atoms with E-state index in [2.05, 4.69) is 11.9 Å². The van der Waals surface area contributed by atoms with Gasteiger partial charge in [0, 0.05) is 17.8 Å². The normalized spacial score (nSPS) is 9.39. The maximum atomic E-state index is 13.1. The average Bonchev–Trinajstić information content (AvgIpc) is 2.37. The molecule has 0 bridgehead atoms. The molecule has 18 heavy (non-hydrogen) atoms. The van der Waals surface area contributed by atoms with E-state index in [0.29, 0.717) is 5.69 Å². The Morgan fingerprint density at radius 2 is 2.33 bits per heavy atom. The molecule has 0 spiro atoms. The van der Waals surface area contributed by atoms with Gasteiger partial charge >= 0.3 is 5.97 Å². The predicted octanol–water partition coefficient (Wildman–Crippen LogP) is 2.23. The van der Waals surface area contributed by atoms with Crippen molar-refractivity contribution in [3.05, 3.63) is 41.7 Å². The molecule has 0 radical (unpaired) electrons. The van der Waals surface area contributed by atoms with E-state index in [-0.39, 0.29) is 24.3 Å². The summed E-state index contributed by atoms with van der Waals surface area (Å²) < 4.78 is 17.8. The molecular formula is C13H13FN2O2. The molecule has 0 saturated heterocycles. The maximum Gasteiger partial charge on any atom is 0.335 e. The number of nitrogens with one attached hydrogen (secondary N) is 1. The zero-order valence-corrected chi connectivity index (χ0v) is 10.00. The minimum absolute atomic E-state index is 0.0539. The lowest BCUT2D eigenvalue weighted by molar-refractivity contribution is -0.138. The topological polar surface area (TPSA) is 62.1 Å². The second-order valence-electron chi connectivity index (χ2n) is 3.48. The van der Waals surface area contributed by atoms with Crippen molar-refractivity contribution < 1.29 is 13.9 Å². The lowest BCUT2D eigenvalue weighted by Gasteiger charge is -2.08. The van der Waals surface area contributed by atoms with Crippen LogP contribution in [0.25, 0.3) is 0 Å². The molecule has 0 unspecified atom stereocenters. The Hall–Kier alpha value is -2.35. The number of rotatable bonds is 5. The Morgan fingerprint density at radius 3 is 2.94 bits per heavy atom. The molecule has 0 aliphatic carbocycles. The Labute approximate surface area is 105 Å². The average molecular weight is 248 g/mol. The van der Waals surface area contributed by atoms with Gasteiger partial charge in [0.25, 0.3) is 0 Å². The van der Waals surface area contributed by atoms with Crippen molar-refractivity contribution in [3.63, 3.8) is 0 Å². The van der Waals surface area contributed by atoms with Gasteiger partial charge in [-0.25, -0.2) is 9.18 Å². The highest BCUT2D eigenvalue weighted by Crippen LogP contribution is 2.14. The highest BCUT2D eigenvalue weighted by atomic mass is 19.1. The number of halogens is 1. The molecular weight excluding hydrogens is 235 g/mol. The van der Waals surface area contributed by atoms with Crippen LogP contribution in [0.4, 0.5) is 10.1 Å². The number of ether oxygens (including phenoxy) is 1. The molecule has 0 aromatic heterocycles. The molecule has 0 amide bonds. The monoisotopic (exact) mass is 248 g/mol. The third-order valence-corrected chi connectivity index (χ3v) is 2.16. The van der Waals surface area contributed by atoms with E-state index in [1.165, 1.54) is 18.2 Å². The molecule has 4 nitrogen and oxygen atoms in total. The van der Waals surface area contributed by atoms with Crippen LogP contribution in [-0.4, -0.2) is 19.1 Å². The van der Waals surface area contributed by atoms with Crippen molar-refractivity contribution in [1.29, 1.82) is 5.26 Å². The summed E-state index contributed by atoms with van der Waals surface area (Å²) in [6.07, 6.45) is 0. The van der Waals surface area contributed by atoms with Crippen molar-refractivity contribution in [2.45, 2.75) is 6.92 Å². The van der Waals surface area contributed by atoms with Gasteiger partial charge in [0.2, 0.25) is 0 Å². The van der Waals surface area contributed by atoms with Gasteiger partial charge in [-0.1, -0.05) is 6.58 Å². The number of nitriles is 1. The summed E-state index contributed by atoms with van der Waals surface area (Å²) in [4.78, 5) is 11.3. The van der Waals surface area contributed by atoms with Crippen LogP contribution < -0.4 is 5.32 Å². The van der Waals surface area contributed by atoms with Crippen LogP contribution in [0.15, 0.2) is 30.4 Å². The third-order valence-electron chi connectivity index (χ3n) is 2.16. The first kappa shape index (κ1) is 13.7. The summed E-state index contributed by atoms with van der Waals surface area (Å²) >= 11 is 0. The van der Waals surface area contributed by atoms with Crippen LogP contribution in [0.3, 0.4) is 0 Å². The summed E-state index contributed by atoms with van der Waals surface area (Å²) in [5, 5.41) is 11.5. The van der Waals surface area contributed by atoms with Crippen molar-refractivity contribution in [1.82, 2.24) is 0 Å². The van der Waals surface area contributed by atoms with Gasteiger partial charge in [-0.2, -0.15) is 5.26 Å². The van der Waals surface area contributed by atoms with Gasteiger partial charge in [0.1, 0.15) is 11.9 Å². The summed E-state index contributed by atoms with van der Waals surface area (Å²) in [6.45, 7) is 5.74. The smallest absolute Gasteiger partial charge is 0.335 e. The van der Waals surface area contributed by atoms with Crippen LogP contribution in [0, 0.1) is 17.1 Å². The van der Waals surface area contributed by atoms with Gasteiger partial charge in [-0.15, -0.1) is 0 Å². The quantitative estimate of drug-likeness (QED) is 0.641. The van der Waals surface area contributed by atoms with Gasteiger partial charge in [0.05, 0.1) is 12.2 Å². The van der Waals surface area contributed by atoms with E-state index in [4.69, 9.17) is 10.00 Å². The molecule has 1 N–H and O–H groups in total. The van der Waals surface area contributed by atoms with Gasteiger partial charge < -0.3 is 10.1 Å². The minimum atomic E-state index is -0.577. The van der Waals surface area contributed by atoms with Crippen LogP contribution in [0.5, 0.6) is 0 Å². The fourth-order valence-corrected chi connectivity index (χ4v) is 1.23. The van der Waals surface area contributed by atoms with Crippen LogP contribution in [0.2, 0.25) is 0 Å². The summed E-state index contributed by atoms with van der Waals surface area (Å²) in [7, 11) is 0. The number of anilines is 1. The van der Waals surface area contributed by atoms with Crippen LogP contribution in [-0.2, 0) is 9.53 Å². The van der Waals surface area contributed by atoms with Gasteiger partial charge in [-0.05, 0) is 25.1 Å². The fraction of sp³-hybridized carbons (Fsp3) is 0.231. The van der Waals surface area contributed by atoms with Crippen molar-refractivity contribution in [3.8, 4) is 6.07 Å². The Balaban J connectivity index is 2.62. The molecule has 0 saturated carbocycles. The highest BCUT2D eigenvalue weighted by Gasteiger charge is 2.08. The molecule has 0 atom stereocenters. The van der Waals surface area contributed by atoms with Crippen molar-refractivity contribution in [2.24, 2.45) is 0 Å². The summed E-state index contributed by atoms with van der Waals surface area (Å²) in [5.41, 5.74) is 0.750. The van der Waals surface area contributed by atoms with Gasteiger partial charge in [-0.3, -0.25) is 0 Å². The molecule has 0 fully saturated rings. The molecule has 0 aliphatic heterocycles. The second-order valence-corrected chi connectivity index (χ2v) is 3.48. The summed E-state index contributed by atoms with van der Waals surface area (Å²) in [5.74, 6) is -1.06.